The van der Waals surface area contributed by atoms with Crippen LogP contribution in [0.15, 0.2) is 48.5 Å². The highest BCUT2D eigenvalue weighted by Gasteiger charge is 2.19. The molecule has 1 N–H and O–H groups in total. The van der Waals surface area contributed by atoms with Gasteiger partial charge in [0.1, 0.15) is 0 Å². The van der Waals surface area contributed by atoms with Crippen molar-refractivity contribution in [3.63, 3.8) is 0 Å². The van der Waals surface area contributed by atoms with Gasteiger partial charge < -0.3 is 5.32 Å². The number of halogens is 1. The molecule has 1 heterocycles. The normalized spacial score (nSPS) is 15.4. The van der Waals surface area contributed by atoms with Crippen molar-refractivity contribution in [2.45, 2.75) is 6.54 Å². The quantitative estimate of drug-likeness (QED) is 0.881. The van der Waals surface area contributed by atoms with E-state index in [0.717, 1.165) is 38.3 Å². The summed E-state index contributed by atoms with van der Waals surface area (Å²) >= 11 is 6.07. The van der Waals surface area contributed by atoms with E-state index >= 15 is 0 Å². The fraction of sp³-hybridized carbons (Fsp3) is 0.300. The van der Waals surface area contributed by atoms with Crippen LogP contribution < -0.4 is 5.32 Å². The smallest absolute Gasteiger partial charge is 0.238 e. The number of para-hydroxylation sites is 1. The van der Waals surface area contributed by atoms with Gasteiger partial charge in [0.2, 0.25) is 5.91 Å². The second-order valence-electron chi connectivity index (χ2n) is 6.39. The summed E-state index contributed by atoms with van der Waals surface area (Å²) in [5, 5.41) is 12.4. The molecule has 1 aliphatic rings. The summed E-state index contributed by atoms with van der Waals surface area (Å²) in [5.41, 5.74) is 2.49. The molecular formula is C20H21ClN4O. The van der Waals surface area contributed by atoms with Gasteiger partial charge in [-0.05, 0) is 29.8 Å². The van der Waals surface area contributed by atoms with E-state index in [1.807, 2.05) is 36.4 Å². The summed E-state index contributed by atoms with van der Waals surface area (Å²) in [4.78, 5) is 16.7. The SMILES string of the molecule is N#Cc1cccc(CN2CCN(CC(=O)Nc3ccccc3Cl)CC2)c1. The second kappa shape index (κ2) is 8.81. The first-order chi connectivity index (χ1) is 12.6. The molecule has 0 spiro atoms. The first-order valence-corrected chi connectivity index (χ1v) is 9.00. The standard InChI is InChI=1S/C20H21ClN4O/c21-18-6-1-2-7-19(18)23-20(26)15-25-10-8-24(9-11-25)14-17-5-3-4-16(12-17)13-22/h1-7,12H,8-11,14-15H2,(H,23,26). The number of rotatable bonds is 5. The van der Waals surface area contributed by atoms with Gasteiger partial charge in [-0.15, -0.1) is 0 Å². The van der Waals surface area contributed by atoms with Crippen LogP contribution in [0.1, 0.15) is 11.1 Å². The van der Waals surface area contributed by atoms with Crippen molar-refractivity contribution < 1.29 is 4.79 Å². The average Bonchev–Trinajstić information content (AvgIpc) is 2.65. The molecule has 0 aromatic heterocycles. The van der Waals surface area contributed by atoms with E-state index < -0.39 is 0 Å². The Balaban J connectivity index is 1.45. The molecule has 2 aromatic rings. The Morgan fingerprint density at radius 3 is 2.54 bits per heavy atom. The van der Waals surface area contributed by atoms with Crippen LogP contribution in [0.25, 0.3) is 0 Å². The van der Waals surface area contributed by atoms with Crippen LogP contribution in [-0.2, 0) is 11.3 Å². The van der Waals surface area contributed by atoms with Crippen molar-refractivity contribution in [2.75, 3.05) is 38.0 Å². The van der Waals surface area contributed by atoms with Gasteiger partial charge in [-0.3, -0.25) is 14.6 Å². The highest BCUT2D eigenvalue weighted by molar-refractivity contribution is 6.33. The molecular weight excluding hydrogens is 348 g/mol. The van der Waals surface area contributed by atoms with Crippen molar-refractivity contribution in [1.82, 2.24) is 9.80 Å². The van der Waals surface area contributed by atoms with Gasteiger partial charge >= 0.3 is 0 Å². The summed E-state index contributed by atoms with van der Waals surface area (Å²) < 4.78 is 0. The Kier molecular flexibility index (Phi) is 6.24. The molecule has 3 rings (SSSR count). The van der Waals surface area contributed by atoms with Crippen LogP contribution >= 0.6 is 11.6 Å². The van der Waals surface area contributed by atoms with Gasteiger partial charge in [-0.1, -0.05) is 35.9 Å². The number of nitrogens with one attached hydrogen (secondary N) is 1. The largest absolute Gasteiger partial charge is 0.324 e. The predicted octanol–water partition coefficient (Wildman–Crippen LogP) is 2.97. The zero-order valence-electron chi connectivity index (χ0n) is 14.5. The number of carbonyl (C=O) groups excluding carboxylic acids is 1. The number of nitrogens with zero attached hydrogens (tertiary/aromatic N) is 3. The Labute approximate surface area is 158 Å². The van der Waals surface area contributed by atoms with Crippen LogP contribution in [-0.4, -0.2) is 48.4 Å². The number of piperazine rings is 1. The first-order valence-electron chi connectivity index (χ1n) is 8.62. The van der Waals surface area contributed by atoms with Crippen LogP contribution in [0, 0.1) is 11.3 Å². The van der Waals surface area contributed by atoms with Gasteiger partial charge in [0.25, 0.3) is 0 Å². The molecule has 0 bridgehead atoms. The molecule has 134 valence electrons. The van der Waals surface area contributed by atoms with Crippen molar-refractivity contribution in [1.29, 1.82) is 5.26 Å². The highest BCUT2D eigenvalue weighted by atomic mass is 35.5. The van der Waals surface area contributed by atoms with Gasteiger partial charge in [-0.25, -0.2) is 0 Å². The van der Waals surface area contributed by atoms with E-state index in [0.29, 0.717) is 22.8 Å². The Morgan fingerprint density at radius 2 is 1.81 bits per heavy atom. The van der Waals surface area contributed by atoms with Gasteiger partial charge in [0, 0.05) is 32.7 Å². The van der Waals surface area contributed by atoms with Crippen LogP contribution in [0.3, 0.4) is 0 Å². The maximum atomic E-state index is 12.2. The number of carbonyl (C=O) groups is 1. The van der Waals surface area contributed by atoms with E-state index in [1.165, 1.54) is 0 Å². The molecule has 6 heteroatoms. The Morgan fingerprint density at radius 1 is 1.08 bits per heavy atom. The van der Waals surface area contributed by atoms with Gasteiger partial charge in [0.05, 0.1) is 28.9 Å². The van der Waals surface area contributed by atoms with Crippen LogP contribution in [0.2, 0.25) is 5.02 Å². The van der Waals surface area contributed by atoms with Gasteiger partial charge in [0.15, 0.2) is 0 Å². The lowest BCUT2D eigenvalue weighted by Gasteiger charge is -2.34. The van der Waals surface area contributed by atoms with E-state index in [-0.39, 0.29) is 5.91 Å². The lowest BCUT2D eigenvalue weighted by molar-refractivity contribution is -0.117. The number of benzene rings is 2. The summed E-state index contributed by atoms with van der Waals surface area (Å²) in [7, 11) is 0. The monoisotopic (exact) mass is 368 g/mol. The van der Waals surface area contributed by atoms with Gasteiger partial charge in [-0.2, -0.15) is 5.26 Å². The minimum Gasteiger partial charge on any atom is -0.324 e. The van der Waals surface area contributed by atoms with E-state index in [2.05, 4.69) is 21.2 Å². The van der Waals surface area contributed by atoms with Crippen LogP contribution in [0.5, 0.6) is 0 Å². The average molecular weight is 369 g/mol. The number of nitriles is 1. The lowest BCUT2D eigenvalue weighted by atomic mass is 10.1. The summed E-state index contributed by atoms with van der Waals surface area (Å²) in [6.07, 6.45) is 0. The minimum absolute atomic E-state index is 0.0479. The number of amides is 1. The number of anilines is 1. The molecule has 0 aliphatic carbocycles. The third-order valence-corrected chi connectivity index (χ3v) is 4.77. The van der Waals surface area contributed by atoms with Crippen molar-refractivity contribution >= 4 is 23.2 Å². The second-order valence-corrected chi connectivity index (χ2v) is 6.80. The lowest BCUT2D eigenvalue weighted by Crippen LogP contribution is -2.48. The zero-order chi connectivity index (χ0) is 18.4. The summed E-state index contributed by atoms with van der Waals surface area (Å²) in [5.74, 6) is -0.0479. The molecule has 5 nitrogen and oxygen atoms in total. The number of hydrogen-bond acceptors (Lipinski definition) is 4. The van der Waals surface area contributed by atoms with Crippen molar-refractivity contribution in [2.24, 2.45) is 0 Å². The molecule has 0 atom stereocenters. The van der Waals surface area contributed by atoms with Crippen LogP contribution in [0.4, 0.5) is 5.69 Å². The fourth-order valence-corrected chi connectivity index (χ4v) is 3.24. The maximum absolute atomic E-state index is 12.2. The summed E-state index contributed by atoms with van der Waals surface area (Å²) in [6.45, 7) is 4.67. The molecule has 26 heavy (non-hydrogen) atoms. The Bertz CT molecular complexity index is 809. The Hall–Kier alpha value is -2.39. The third-order valence-electron chi connectivity index (χ3n) is 4.44. The topological polar surface area (TPSA) is 59.4 Å². The van der Waals surface area contributed by atoms with E-state index in [4.69, 9.17) is 16.9 Å². The molecule has 0 saturated carbocycles. The fourth-order valence-electron chi connectivity index (χ4n) is 3.06. The van der Waals surface area contributed by atoms with E-state index in [9.17, 15) is 4.79 Å². The molecule has 1 amide bonds. The number of hydrogen-bond donors (Lipinski definition) is 1. The highest BCUT2D eigenvalue weighted by Crippen LogP contribution is 2.20. The molecule has 1 aliphatic heterocycles. The molecule has 1 saturated heterocycles. The molecule has 0 unspecified atom stereocenters. The predicted molar refractivity (Wildman–Crippen MR) is 103 cm³/mol. The molecule has 2 aromatic carbocycles. The van der Waals surface area contributed by atoms with Crippen molar-refractivity contribution in [3.8, 4) is 6.07 Å². The maximum Gasteiger partial charge on any atom is 0.238 e. The van der Waals surface area contributed by atoms with E-state index in [1.54, 1.807) is 12.1 Å². The minimum atomic E-state index is -0.0479. The molecule has 0 radical (unpaired) electrons. The molecule has 1 fully saturated rings. The van der Waals surface area contributed by atoms with Crippen molar-refractivity contribution in [3.05, 3.63) is 64.7 Å². The zero-order valence-corrected chi connectivity index (χ0v) is 15.2. The summed E-state index contributed by atoms with van der Waals surface area (Å²) in [6, 6.07) is 17.1. The first kappa shape index (κ1) is 18.4. The third kappa shape index (κ3) is 5.06.